The molecule has 0 fully saturated rings. The van der Waals surface area contributed by atoms with Gasteiger partial charge in [-0.05, 0) is 35.9 Å². The average molecular weight is 449 g/mol. The molecule has 2 amide bonds. The molecule has 8 nitrogen and oxygen atoms in total. The number of hydrogen-bond donors (Lipinski definition) is 0. The van der Waals surface area contributed by atoms with E-state index in [1.54, 1.807) is 24.3 Å². The highest BCUT2D eigenvalue weighted by molar-refractivity contribution is 7.89. The zero-order valence-electron chi connectivity index (χ0n) is 17.0. The van der Waals surface area contributed by atoms with Crippen LogP contribution in [0, 0.1) is 0 Å². The summed E-state index contributed by atoms with van der Waals surface area (Å²) in [5.41, 5.74) is 1.87. The zero-order valence-corrected chi connectivity index (χ0v) is 17.8. The number of imide groups is 1. The van der Waals surface area contributed by atoms with E-state index in [0.29, 0.717) is 11.3 Å². The van der Waals surface area contributed by atoms with Gasteiger partial charge in [-0.3, -0.25) is 19.5 Å². The summed E-state index contributed by atoms with van der Waals surface area (Å²) in [5, 5.41) is 0. The molecule has 2 aliphatic rings. The van der Waals surface area contributed by atoms with Crippen LogP contribution < -0.4 is 4.74 Å². The molecule has 162 valence electrons. The number of carbonyl (C=O) groups is 2. The minimum atomic E-state index is -3.74. The highest BCUT2D eigenvalue weighted by atomic mass is 32.2. The quantitative estimate of drug-likeness (QED) is 0.568. The molecule has 0 aliphatic carbocycles. The Morgan fingerprint density at radius 1 is 0.938 bits per heavy atom. The number of rotatable bonds is 4. The van der Waals surface area contributed by atoms with E-state index in [4.69, 9.17) is 4.74 Å². The number of ether oxygens (including phenoxy) is 1. The van der Waals surface area contributed by atoms with Gasteiger partial charge in [-0.15, -0.1) is 0 Å². The van der Waals surface area contributed by atoms with Crippen molar-refractivity contribution in [3.05, 3.63) is 89.2 Å². The number of benzene rings is 2. The van der Waals surface area contributed by atoms with Gasteiger partial charge in [0.05, 0.1) is 17.0 Å². The summed E-state index contributed by atoms with van der Waals surface area (Å²) < 4.78 is 33.5. The minimum Gasteiger partial charge on any atom is -0.492 e. The Kier molecular flexibility index (Phi) is 4.99. The molecule has 0 saturated heterocycles. The van der Waals surface area contributed by atoms with Gasteiger partial charge in [-0.25, -0.2) is 8.42 Å². The van der Waals surface area contributed by atoms with Crippen molar-refractivity contribution in [1.29, 1.82) is 0 Å². The van der Waals surface area contributed by atoms with Crippen molar-refractivity contribution in [2.24, 2.45) is 0 Å². The van der Waals surface area contributed by atoms with Crippen LogP contribution in [0.2, 0.25) is 0 Å². The molecule has 0 spiro atoms. The number of sulfonamides is 1. The molecule has 32 heavy (non-hydrogen) atoms. The van der Waals surface area contributed by atoms with E-state index in [1.165, 1.54) is 22.6 Å². The van der Waals surface area contributed by atoms with Gasteiger partial charge in [0.1, 0.15) is 18.1 Å². The molecule has 3 aromatic rings. The summed E-state index contributed by atoms with van der Waals surface area (Å²) >= 11 is 0. The maximum absolute atomic E-state index is 13.2. The van der Waals surface area contributed by atoms with Crippen molar-refractivity contribution in [2.45, 2.75) is 18.0 Å². The molecule has 9 heteroatoms. The lowest BCUT2D eigenvalue weighted by Gasteiger charge is -2.20. The third-order valence-corrected chi connectivity index (χ3v) is 7.41. The van der Waals surface area contributed by atoms with Crippen molar-refractivity contribution in [3.8, 4) is 5.75 Å². The van der Waals surface area contributed by atoms with Crippen molar-refractivity contribution < 1.29 is 22.7 Å². The Labute approximate surface area is 185 Å². The first-order chi connectivity index (χ1) is 15.4. The summed E-state index contributed by atoms with van der Waals surface area (Å²) in [4.78, 5) is 30.3. The first kappa shape index (κ1) is 20.3. The van der Waals surface area contributed by atoms with E-state index in [2.05, 4.69) is 4.98 Å². The summed E-state index contributed by atoms with van der Waals surface area (Å²) in [6.07, 6.45) is 1.47. The van der Waals surface area contributed by atoms with Gasteiger partial charge < -0.3 is 4.74 Å². The predicted molar refractivity (Wildman–Crippen MR) is 114 cm³/mol. The molecular formula is C23H19N3O5S. The first-order valence-corrected chi connectivity index (χ1v) is 11.5. The SMILES string of the molecule is O=C1c2cccnc2C(=O)N1Cc1ccc(S(=O)(=O)N2CCOc3ccccc3C2)cc1. The van der Waals surface area contributed by atoms with Crippen molar-refractivity contribution >= 4 is 21.8 Å². The molecule has 0 saturated carbocycles. The topological polar surface area (TPSA) is 96.9 Å². The zero-order chi connectivity index (χ0) is 22.3. The largest absolute Gasteiger partial charge is 0.492 e. The van der Waals surface area contributed by atoms with Crippen LogP contribution in [0.4, 0.5) is 0 Å². The van der Waals surface area contributed by atoms with Crippen LogP contribution in [0.5, 0.6) is 5.75 Å². The Bertz CT molecular complexity index is 1290. The highest BCUT2D eigenvalue weighted by Gasteiger charge is 2.36. The normalized spacial score (nSPS) is 16.3. The Balaban J connectivity index is 1.35. The molecule has 0 unspecified atom stereocenters. The second-order valence-electron chi connectivity index (χ2n) is 7.53. The van der Waals surface area contributed by atoms with Gasteiger partial charge >= 0.3 is 0 Å². The van der Waals surface area contributed by atoms with E-state index in [-0.39, 0.29) is 42.4 Å². The molecular weight excluding hydrogens is 430 g/mol. The van der Waals surface area contributed by atoms with Crippen LogP contribution in [0.1, 0.15) is 32.0 Å². The second-order valence-corrected chi connectivity index (χ2v) is 9.47. The van der Waals surface area contributed by atoms with Gasteiger partial charge in [0.2, 0.25) is 10.0 Å². The number of hydrogen-bond acceptors (Lipinski definition) is 6. The molecule has 2 aliphatic heterocycles. The smallest absolute Gasteiger partial charge is 0.280 e. The van der Waals surface area contributed by atoms with Gasteiger partial charge in [-0.1, -0.05) is 30.3 Å². The van der Waals surface area contributed by atoms with E-state index in [0.717, 1.165) is 10.5 Å². The monoisotopic (exact) mass is 449 g/mol. The highest BCUT2D eigenvalue weighted by Crippen LogP contribution is 2.27. The van der Waals surface area contributed by atoms with E-state index >= 15 is 0 Å². The lowest BCUT2D eigenvalue weighted by Crippen LogP contribution is -2.32. The van der Waals surface area contributed by atoms with Crippen LogP contribution in [-0.4, -0.2) is 47.6 Å². The van der Waals surface area contributed by atoms with Crippen molar-refractivity contribution in [3.63, 3.8) is 0 Å². The first-order valence-electron chi connectivity index (χ1n) is 10.1. The molecule has 3 heterocycles. The molecule has 0 N–H and O–H groups in total. The number of amides is 2. The van der Waals surface area contributed by atoms with Crippen LogP contribution in [0.15, 0.2) is 71.8 Å². The van der Waals surface area contributed by atoms with Crippen molar-refractivity contribution in [2.75, 3.05) is 13.2 Å². The second kappa shape index (κ2) is 7.85. The van der Waals surface area contributed by atoms with Gasteiger partial charge in [0.25, 0.3) is 11.8 Å². The molecule has 0 radical (unpaired) electrons. The lowest BCUT2D eigenvalue weighted by molar-refractivity contribution is 0.0640. The van der Waals surface area contributed by atoms with Crippen LogP contribution in [-0.2, 0) is 23.1 Å². The average Bonchev–Trinajstić information content (AvgIpc) is 2.97. The van der Waals surface area contributed by atoms with Gasteiger partial charge in [0.15, 0.2) is 0 Å². The fraction of sp³-hybridized carbons (Fsp3) is 0.174. The fourth-order valence-electron chi connectivity index (χ4n) is 3.86. The van der Waals surface area contributed by atoms with E-state index < -0.39 is 21.8 Å². The van der Waals surface area contributed by atoms with E-state index in [9.17, 15) is 18.0 Å². The van der Waals surface area contributed by atoms with E-state index in [1.807, 2.05) is 24.3 Å². The maximum atomic E-state index is 13.2. The summed E-state index contributed by atoms with van der Waals surface area (Å²) in [5.74, 6) is -0.167. The van der Waals surface area contributed by atoms with Crippen LogP contribution in [0.25, 0.3) is 0 Å². The minimum absolute atomic E-state index is 0.0410. The molecule has 0 bridgehead atoms. The number of aromatic nitrogens is 1. The molecule has 1 aromatic heterocycles. The molecule has 2 aromatic carbocycles. The third-order valence-electron chi connectivity index (χ3n) is 5.55. The summed E-state index contributed by atoms with van der Waals surface area (Å²) in [6, 6.07) is 16.8. The standard InChI is InChI=1S/C23H19N3O5S/c27-22-19-5-3-11-24-21(19)23(28)26(22)14-16-7-9-18(10-8-16)32(29,30)25-12-13-31-20-6-2-1-4-17(20)15-25/h1-11H,12-15H2. The van der Waals surface area contributed by atoms with Crippen LogP contribution >= 0.6 is 0 Å². The Morgan fingerprint density at radius 3 is 2.50 bits per heavy atom. The van der Waals surface area contributed by atoms with Gasteiger partial charge in [0, 0.05) is 24.8 Å². The third kappa shape index (κ3) is 3.45. The summed E-state index contributed by atoms with van der Waals surface area (Å²) in [7, 11) is -3.74. The summed E-state index contributed by atoms with van der Waals surface area (Å²) in [6.45, 7) is 0.768. The van der Waals surface area contributed by atoms with Crippen LogP contribution in [0.3, 0.4) is 0 Å². The lowest BCUT2D eigenvalue weighted by atomic mass is 10.2. The number of carbonyl (C=O) groups excluding carboxylic acids is 2. The number of fused-ring (bicyclic) bond motifs is 2. The maximum Gasteiger partial charge on any atom is 0.280 e. The molecule has 5 rings (SSSR count). The predicted octanol–water partition coefficient (Wildman–Crippen LogP) is 2.46. The number of para-hydroxylation sites is 1. The number of pyridine rings is 1. The fourth-order valence-corrected chi connectivity index (χ4v) is 5.26. The van der Waals surface area contributed by atoms with Crippen molar-refractivity contribution in [1.82, 2.24) is 14.2 Å². The Morgan fingerprint density at radius 2 is 1.72 bits per heavy atom. The number of nitrogens with zero attached hydrogens (tertiary/aromatic N) is 3. The van der Waals surface area contributed by atoms with Gasteiger partial charge in [-0.2, -0.15) is 4.31 Å². The Hall–Kier alpha value is -3.56. The molecule has 0 atom stereocenters.